The molecule has 0 N–H and O–H groups in total. The number of rotatable bonds is 5. The van der Waals surface area contributed by atoms with Crippen LogP contribution in [0.3, 0.4) is 0 Å². The van der Waals surface area contributed by atoms with Crippen molar-refractivity contribution >= 4 is 11.6 Å². The van der Waals surface area contributed by atoms with Crippen molar-refractivity contribution in [3.63, 3.8) is 0 Å². The quantitative estimate of drug-likeness (QED) is 0.633. The van der Waals surface area contributed by atoms with Crippen LogP contribution >= 0.6 is 11.6 Å². The van der Waals surface area contributed by atoms with Crippen LogP contribution in [-0.4, -0.2) is 5.38 Å². The fourth-order valence-corrected chi connectivity index (χ4v) is 2.31. The van der Waals surface area contributed by atoms with E-state index in [4.69, 9.17) is 11.6 Å². The molecule has 0 bridgehead atoms. The van der Waals surface area contributed by atoms with E-state index in [0.29, 0.717) is 5.92 Å². The molecule has 0 saturated carbocycles. The van der Waals surface area contributed by atoms with Gasteiger partial charge in [0.05, 0.1) is 0 Å². The van der Waals surface area contributed by atoms with Gasteiger partial charge in [-0.3, -0.25) is 0 Å². The van der Waals surface area contributed by atoms with Crippen LogP contribution in [0.4, 0.5) is 0 Å². The lowest BCUT2D eigenvalue weighted by atomic mass is 9.91. The Bertz CT molecular complexity index is 276. The van der Waals surface area contributed by atoms with Gasteiger partial charge in [-0.1, -0.05) is 45.0 Å². The summed E-state index contributed by atoms with van der Waals surface area (Å²) in [6.45, 7) is 6.55. The third kappa shape index (κ3) is 3.24. The van der Waals surface area contributed by atoms with Crippen molar-refractivity contribution in [1.29, 1.82) is 0 Å². The first-order valence-electron chi connectivity index (χ1n) is 5.95. The number of hydrogen-bond donors (Lipinski definition) is 0. The van der Waals surface area contributed by atoms with Crippen molar-refractivity contribution in [1.82, 2.24) is 0 Å². The zero-order chi connectivity index (χ0) is 11.3. The lowest BCUT2D eigenvalue weighted by Gasteiger charge is -2.20. The van der Waals surface area contributed by atoms with E-state index in [1.165, 1.54) is 11.1 Å². The van der Waals surface area contributed by atoms with Crippen LogP contribution in [0.5, 0.6) is 0 Å². The van der Waals surface area contributed by atoms with Crippen LogP contribution in [0.15, 0.2) is 24.3 Å². The maximum absolute atomic E-state index is 6.34. The molecule has 1 aromatic carbocycles. The summed E-state index contributed by atoms with van der Waals surface area (Å²) in [6.07, 6.45) is 3.26. The van der Waals surface area contributed by atoms with Crippen molar-refractivity contribution in [2.75, 3.05) is 0 Å². The summed E-state index contributed by atoms with van der Waals surface area (Å²) in [7, 11) is 0. The minimum Gasteiger partial charge on any atom is -0.122 e. The van der Waals surface area contributed by atoms with Crippen molar-refractivity contribution in [2.45, 2.75) is 51.3 Å². The van der Waals surface area contributed by atoms with Gasteiger partial charge >= 0.3 is 0 Å². The second kappa shape index (κ2) is 6.17. The molecule has 0 radical (unpaired) electrons. The van der Waals surface area contributed by atoms with Gasteiger partial charge in [0.25, 0.3) is 0 Å². The molecule has 0 fully saturated rings. The molecular formula is C14H21Cl. The van der Waals surface area contributed by atoms with Gasteiger partial charge in [0.2, 0.25) is 0 Å². The zero-order valence-electron chi connectivity index (χ0n) is 9.96. The molecule has 1 rings (SSSR count). The van der Waals surface area contributed by atoms with Gasteiger partial charge in [-0.05, 0) is 36.3 Å². The van der Waals surface area contributed by atoms with Crippen LogP contribution in [0, 0.1) is 0 Å². The Balaban J connectivity index is 2.83. The Morgan fingerprint density at radius 2 is 1.60 bits per heavy atom. The average Bonchev–Trinajstić information content (AvgIpc) is 2.30. The molecule has 2 unspecified atom stereocenters. The van der Waals surface area contributed by atoms with Crippen molar-refractivity contribution in [2.24, 2.45) is 0 Å². The lowest BCUT2D eigenvalue weighted by Crippen LogP contribution is -2.11. The van der Waals surface area contributed by atoms with Crippen LogP contribution in [0.2, 0.25) is 0 Å². The van der Waals surface area contributed by atoms with Crippen molar-refractivity contribution < 1.29 is 0 Å². The molecule has 1 heteroatoms. The first-order chi connectivity index (χ1) is 7.22. The van der Waals surface area contributed by atoms with Crippen LogP contribution < -0.4 is 0 Å². The summed E-state index contributed by atoms with van der Waals surface area (Å²) >= 11 is 6.34. The summed E-state index contributed by atoms with van der Waals surface area (Å²) in [4.78, 5) is 0. The lowest BCUT2D eigenvalue weighted by molar-refractivity contribution is 0.604. The third-order valence-corrected chi connectivity index (χ3v) is 3.70. The average molecular weight is 225 g/mol. The van der Waals surface area contributed by atoms with Gasteiger partial charge < -0.3 is 0 Å². The summed E-state index contributed by atoms with van der Waals surface area (Å²) in [5.74, 6) is 0.502. The molecule has 0 spiro atoms. The first-order valence-corrected chi connectivity index (χ1v) is 6.39. The van der Waals surface area contributed by atoms with Gasteiger partial charge in [0, 0.05) is 5.38 Å². The maximum atomic E-state index is 6.34. The van der Waals surface area contributed by atoms with Crippen molar-refractivity contribution in [3.05, 3.63) is 35.4 Å². The van der Waals surface area contributed by atoms with Crippen LogP contribution in [-0.2, 0) is 6.42 Å². The molecule has 0 nitrogen and oxygen atoms in total. The number of alkyl halides is 1. The topological polar surface area (TPSA) is 0 Å². The molecule has 2 atom stereocenters. The zero-order valence-corrected chi connectivity index (χ0v) is 10.7. The SMILES string of the molecule is CCc1ccc(C(CC)C(Cl)CC)cc1. The summed E-state index contributed by atoms with van der Waals surface area (Å²) in [6, 6.07) is 8.91. The Morgan fingerprint density at radius 1 is 1.00 bits per heavy atom. The molecule has 0 heterocycles. The van der Waals surface area contributed by atoms with Gasteiger partial charge in [0.1, 0.15) is 0 Å². The van der Waals surface area contributed by atoms with E-state index in [9.17, 15) is 0 Å². The fraction of sp³-hybridized carbons (Fsp3) is 0.571. The highest BCUT2D eigenvalue weighted by Gasteiger charge is 2.17. The number of halogens is 1. The van der Waals surface area contributed by atoms with E-state index >= 15 is 0 Å². The molecule has 0 aliphatic heterocycles. The highest BCUT2D eigenvalue weighted by Crippen LogP contribution is 2.29. The van der Waals surface area contributed by atoms with Gasteiger partial charge in [-0.2, -0.15) is 0 Å². The minimum absolute atomic E-state index is 0.266. The van der Waals surface area contributed by atoms with Crippen molar-refractivity contribution in [3.8, 4) is 0 Å². The monoisotopic (exact) mass is 224 g/mol. The van der Waals surface area contributed by atoms with Gasteiger partial charge in [0.15, 0.2) is 0 Å². The smallest absolute Gasteiger partial charge is 0.0401 e. The fourth-order valence-electron chi connectivity index (χ4n) is 1.99. The van der Waals surface area contributed by atoms with E-state index in [-0.39, 0.29) is 5.38 Å². The highest BCUT2D eigenvalue weighted by molar-refractivity contribution is 6.21. The summed E-state index contributed by atoms with van der Waals surface area (Å²) in [5, 5.41) is 0.266. The summed E-state index contributed by atoms with van der Waals surface area (Å²) < 4.78 is 0. The molecule has 0 saturated heterocycles. The number of aryl methyl sites for hydroxylation is 1. The van der Waals surface area contributed by atoms with Gasteiger partial charge in [-0.25, -0.2) is 0 Å². The molecule has 0 amide bonds. The normalized spacial score (nSPS) is 14.9. The Kier molecular flexibility index (Phi) is 5.17. The van der Waals surface area contributed by atoms with Gasteiger partial charge in [-0.15, -0.1) is 11.6 Å². The maximum Gasteiger partial charge on any atom is 0.0401 e. The third-order valence-electron chi connectivity index (χ3n) is 3.08. The number of benzene rings is 1. The Morgan fingerprint density at radius 3 is 2.00 bits per heavy atom. The van der Waals surface area contributed by atoms with Crippen LogP contribution in [0.25, 0.3) is 0 Å². The Labute approximate surface area is 98.7 Å². The van der Waals surface area contributed by atoms with E-state index < -0.39 is 0 Å². The molecule has 0 aliphatic rings. The first kappa shape index (κ1) is 12.6. The van der Waals surface area contributed by atoms with Crippen LogP contribution in [0.1, 0.15) is 50.7 Å². The van der Waals surface area contributed by atoms with E-state index in [2.05, 4.69) is 45.0 Å². The molecule has 0 aliphatic carbocycles. The van der Waals surface area contributed by atoms with E-state index in [1.54, 1.807) is 0 Å². The Hall–Kier alpha value is -0.490. The largest absolute Gasteiger partial charge is 0.122 e. The molecule has 0 aromatic heterocycles. The van der Waals surface area contributed by atoms with E-state index in [1.807, 2.05) is 0 Å². The molecule has 15 heavy (non-hydrogen) atoms. The highest BCUT2D eigenvalue weighted by atomic mass is 35.5. The number of hydrogen-bond acceptors (Lipinski definition) is 0. The second-order valence-corrected chi connectivity index (χ2v) is 4.59. The molecular weight excluding hydrogens is 204 g/mol. The summed E-state index contributed by atoms with van der Waals surface area (Å²) in [5.41, 5.74) is 2.78. The standard InChI is InChI=1S/C14H21Cl/c1-4-11-7-9-12(10-8-11)13(5-2)14(15)6-3/h7-10,13-14H,4-6H2,1-3H3. The molecule has 1 aromatic rings. The predicted octanol–water partition coefficient (Wildman–Crippen LogP) is 4.76. The minimum atomic E-state index is 0.266. The predicted molar refractivity (Wildman–Crippen MR) is 68.8 cm³/mol. The molecule has 84 valence electrons. The second-order valence-electron chi connectivity index (χ2n) is 4.03. The van der Waals surface area contributed by atoms with E-state index in [0.717, 1.165) is 19.3 Å².